The van der Waals surface area contributed by atoms with Crippen LogP contribution < -0.4 is 10.6 Å². The number of carbonyl (C=O) groups excluding carboxylic acids is 1. The Balaban J connectivity index is 1.31. The fraction of sp³-hybridized carbons (Fsp3) is 0.273. The summed E-state index contributed by atoms with van der Waals surface area (Å²) >= 11 is 11.9. The quantitative estimate of drug-likeness (QED) is 0.576. The van der Waals surface area contributed by atoms with Crippen LogP contribution in [0.5, 0.6) is 0 Å². The van der Waals surface area contributed by atoms with Crippen molar-refractivity contribution in [3.05, 3.63) is 70.2 Å². The fourth-order valence-corrected chi connectivity index (χ4v) is 3.94. The number of para-hydroxylation sites is 1. The molecule has 1 heterocycles. The summed E-state index contributed by atoms with van der Waals surface area (Å²) in [6.07, 6.45) is 3.83. The normalized spacial score (nSPS) is 19.4. The molecule has 1 aliphatic rings. The van der Waals surface area contributed by atoms with Crippen molar-refractivity contribution in [2.75, 3.05) is 5.32 Å². The van der Waals surface area contributed by atoms with E-state index in [4.69, 9.17) is 23.2 Å². The summed E-state index contributed by atoms with van der Waals surface area (Å²) in [7, 11) is 0. The van der Waals surface area contributed by atoms with Crippen LogP contribution in [0.4, 0.5) is 5.82 Å². The molecule has 3 aromatic rings. The highest BCUT2D eigenvalue weighted by Crippen LogP contribution is 2.25. The standard InChI is InChI=1S/C22H21Cl2N3O/c23-18-11-5-15(13-19(18)24)22(28)26-17-9-7-16(8-10-17)25-21-12-6-14-3-1-2-4-20(14)27-21/h1-6,11-13,16-17H,7-10H2,(H,25,27)(H,26,28). The van der Waals surface area contributed by atoms with E-state index < -0.39 is 0 Å². The number of carbonyl (C=O) groups is 1. The summed E-state index contributed by atoms with van der Waals surface area (Å²) < 4.78 is 0. The van der Waals surface area contributed by atoms with E-state index in [0.717, 1.165) is 42.4 Å². The van der Waals surface area contributed by atoms with Crippen molar-refractivity contribution in [2.45, 2.75) is 37.8 Å². The average molecular weight is 414 g/mol. The van der Waals surface area contributed by atoms with Crippen molar-refractivity contribution in [1.82, 2.24) is 10.3 Å². The Hall–Kier alpha value is -2.30. The molecular formula is C22H21Cl2N3O. The highest BCUT2D eigenvalue weighted by molar-refractivity contribution is 6.42. The molecule has 0 unspecified atom stereocenters. The van der Waals surface area contributed by atoms with E-state index in [2.05, 4.69) is 27.8 Å². The van der Waals surface area contributed by atoms with Crippen LogP contribution in [0.2, 0.25) is 10.0 Å². The van der Waals surface area contributed by atoms with Crippen LogP contribution in [0.25, 0.3) is 10.9 Å². The Kier molecular flexibility index (Phi) is 5.69. The van der Waals surface area contributed by atoms with Gasteiger partial charge in [-0.25, -0.2) is 4.98 Å². The molecule has 0 radical (unpaired) electrons. The molecule has 0 spiro atoms. The van der Waals surface area contributed by atoms with Gasteiger partial charge in [0.25, 0.3) is 5.91 Å². The lowest BCUT2D eigenvalue weighted by Crippen LogP contribution is -2.40. The molecule has 28 heavy (non-hydrogen) atoms. The number of fused-ring (bicyclic) bond motifs is 1. The molecule has 0 bridgehead atoms. The molecule has 1 fully saturated rings. The molecular weight excluding hydrogens is 393 g/mol. The van der Waals surface area contributed by atoms with Crippen LogP contribution in [0.1, 0.15) is 36.0 Å². The lowest BCUT2D eigenvalue weighted by atomic mass is 9.91. The van der Waals surface area contributed by atoms with Gasteiger partial charge in [-0.15, -0.1) is 0 Å². The molecule has 4 nitrogen and oxygen atoms in total. The molecule has 4 rings (SSSR count). The van der Waals surface area contributed by atoms with Gasteiger partial charge in [-0.1, -0.05) is 41.4 Å². The third kappa shape index (κ3) is 4.40. The van der Waals surface area contributed by atoms with Crippen LogP contribution in [0, 0.1) is 0 Å². The van der Waals surface area contributed by atoms with Crippen molar-refractivity contribution in [2.24, 2.45) is 0 Å². The minimum Gasteiger partial charge on any atom is -0.367 e. The first-order valence-electron chi connectivity index (χ1n) is 9.47. The Morgan fingerprint density at radius 3 is 2.43 bits per heavy atom. The van der Waals surface area contributed by atoms with Gasteiger partial charge in [0.1, 0.15) is 5.82 Å². The van der Waals surface area contributed by atoms with Gasteiger partial charge in [-0.2, -0.15) is 0 Å². The zero-order valence-electron chi connectivity index (χ0n) is 15.3. The number of rotatable bonds is 4. The van der Waals surface area contributed by atoms with Crippen molar-refractivity contribution in [3.8, 4) is 0 Å². The highest BCUT2D eigenvalue weighted by atomic mass is 35.5. The predicted octanol–water partition coefficient (Wildman–Crippen LogP) is 5.69. The molecule has 1 aromatic heterocycles. The van der Waals surface area contributed by atoms with Crippen LogP contribution in [-0.4, -0.2) is 23.0 Å². The Labute approximate surface area is 174 Å². The third-order valence-corrected chi connectivity index (χ3v) is 5.93. The molecule has 144 valence electrons. The van der Waals surface area contributed by atoms with Gasteiger partial charge in [0.15, 0.2) is 0 Å². The Morgan fingerprint density at radius 2 is 1.64 bits per heavy atom. The van der Waals surface area contributed by atoms with E-state index in [9.17, 15) is 4.79 Å². The Morgan fingerprint density at radius 1 is 0.893 bits per heavy atom. The van der Waals surface area contributed by atoms with E-state index in [0.29, 0.717) is 21.7 Å². The monoisotopic (exact) mass is 413 g/mol. The number of nitrogens with one attached hydrogen (secondary N) is 2. The average Bonchev–Trinajstić information content (AvgIpc) is 2.71. The number of halogens is 2. The first kappa shape index (κ1) is 19.0. The molecule has 1 aliphatic carbocycles. The topological polar surface area (TPSA) is 54.0 Å². The highest BCUT2D eigenvalue weighted by Gasteiger charge is 2.23. The van der Waals surface area contributed by atoms with Crippen molar-refractivity contribution >= 4 is 45.8 Å². The first-order chi connectivity index (χ1) is 13.6. The number of pyridine rings is 1. The van der Waals surface area contributed by atoms with Gasteiger partial charge in [-0.05, 0) is 62.1 Å². The molecule has 1 amide bonds. The van der Waals surface area contributed by atoms with Gasteiger partial charge in [-0.3, -0.25) is 4.79 Å². The van der Waals surface area contributed by atoms with Gasteiger partial charge in [0.2, 0.25) is 0 Å². The molecule has 1 saturated carbocycles. The molecule has 0 atom stereocenters. The van der Waals surface area contributed by atoms with E-state index in [1.54, 1.807) is 18.2 Å². The number of nitrogens with zero attached hydrogens (tertiary/aromatic N) is 1. The summed E-state index contributed by atoms with van der Waals surface area (Å²) in [6.45, 7) is 0. The minimum atomic E-state index is -0.105. The van der Waals surface area contributed by atoms with Crippen molar-refractivity contribution in [3.63, 3.8) is 0 Å². The second-order valence-electron chi connectivity index (χ2n) is 7.18. The maximum absolute atomic E-state index is 12.4. The zero-order valence-corrected chi connectivity index (χ0v) is 16.8. The summed E-state index contributed by atoms with van der Waals surface area (Å²) in [6, 6.07) is 17.7. The summed E-state index contributed by atoms with van der Waals surface area (Å²) in [4.78, 5) is 17.1. The van der Waals surface area contributed by atoms with Crippen molar-refractivity contribution in [1.29, 1.82) is 0 Å². The number of hydrogen-bond donors (Lipinski definition) is 2. The van der Waals surface area contributed by atoms with Gasteiger partial charge in [0.05, 0.1) is 15.6 Å². The second-order valence-corrected chi connectivity index (χ2v) is 8.00. The van der Waals surface area contributed by atoms with Crippen LogP contribution in [-0.2, 0) is 0 Å². The predicted molar refractivity (Wildman–Crippen MR) is 115 cm³/mol. The third-order valence-electron chi connectivity index (χ3n) is 5.19. The van der Waals surface area contributed by atoms with Crippen LogP contribution in [0.15, 0.2) is 54.6 Å². The van der Waals surface area contributed by atoms with E-state index in [-0.39, 0.29) is 11.9 Å². The maximum atomic E-state index is 12.4. The summed E-state index contributed by atoms with van der Waals surface area (Å²) in [5.41, 5.74) is 1.53. The largest absolute Gasteiger partial charge is 0.367 e. The first-order valence-corrected chi connectivity index (χ1v) is 10.2. The summed E-state index contributed by atoms with van der Waals surface area (Å²) in [5.74, 6) is 0.799. The molecule has 2 aromatic carbocycles. The smallest absolute Gasteiger partial charge is 0.251 e. The molecule has 0 saturated heterocycles. The molecule has 0 aliphatic heterocycles. The lowest BCUT2D eigenvalue weighted by molar-refractivity contribution is 0.0926. The van der Waals surface area contributed by atoms with Gasteiger partial charge >= 0.3 is 0 Å². The number of hydrogen-bond acceptors (Lipinski definition) is 3. The van der Waals surface area contributed by atoms with Crippen LogP contribution >= 0.6 is 23.2 Å². The zero-order chi connectivity index (χ0) is 19.5. The number of anilines is 1. The van der Waals surface area contributed by atoms with E-state index >= 15 is 0 Å². The van der Waals surface area contributed by atoms with Crippen molar-refractivity contribution < 1.29 is 4.79 Å². The van der Waals surface area contributed by atoms with Crippen LogP contribution in [0.3, 0.4) is 0 Å². The minimum absolute atomic E-state index is 0.105. The second kappa shape index (κ2) is 8.38. The lowest BCUT2D eigenvalue weighted by Gasteiger charge is -2.30. The number of amides is 1. The molecule has 2 N–H and O–H groups in total. The Bertz CT molecular complexity index is 1000. The molecule has 6 heteroatoms. The van der Waals surface area contributed by atoms with Gasteiger partial charge < -0.3 is 10.6 Å². The number of benzene rings is 2. The van der Waals surface area contributed by atoms with Gasteiger partial charge in [0, 0.05) is 23.0 Å². The SMILES string of the molecule is O=C(NC1CCC(Nc2ccc3ccccc3n2)CC1)c1ccc(Cl)c(Cl)c1. The summed E-state index contributed by atoms with van der Waals surface area (Å²) in [5, 5.41) is 8.63. The fourth-order valence-electron chi connectivity index (χ4n) is 3.64. The number of aromatic nitrogens is 1. The van der Waals surface area contributed by atoms with E-state index in [1.807, 2.05) is 24.3 Å². The van der Waals surface area contributed by atoms with E-state index in [1.165, 1.54) is 0 Å². The maximum Gasteiger partial charge on any atom is 0.251 e.